The maximum atomic E-state index is 10.9. The van der Waals surface area contributed by atoms with Gasteiger partial charge in [-0.2, -0.15) is 0 Å². The van der Waals surface area contributed by atoms with Crippen molar-refractivity contribution in [1.29, 1.82) is 0 Å². The minimum atomic E-state index is -0.809. The number of thioether (sulfide) groups is 1. The van der Waals surface area contributed by atoms with Crippen LogP contribution in [-0.2, 0) is 4.79 Å². The van der Waals surface area contributed by atoms with Crippen LogP contribution in [0, 0.1) is 5.92 Å². The molecule has 1 N–H and O–H groups in total. The van der Waals surface area contributed by atoms with Crippen molar-refractivity contribution >= 4 is 44.7 Å². The van der Waals surface area contributed by atoms with Crippen molar-refractivity contribution in [2.24, 2.45) is 5.92 Å². The Balaban J connectivity index is 2.04. The number of fused-ring (bicyclic) bond motifs is 1. The summed E-state index contributed by atoms with van der Waals surface area (Å²) in [6, 6.07) is 6.38. The Hall–Kier alpha value is -1.01. The quantitative estimate of drug-likeness (QED) is 0.797. The third-order valence-electron chi connectivity index (χ3n) is 4.18. The van der Waals surface area contributed by atoms with Crippen LogP contribution in [0.4, 0.5) is 0 Å². The number of nitrogens with zero attached hydrogens (tertiary/aromatic N) is 2. The van der Waals surface area contributed by atoms with Gasteiger partial charge in [-0.05, 0) is 43.9 Å². The SMILES string of the molecule is CC(C1CCC1)n1c(SCC(=O)O)nc2ccc(Br)cc21. The lowest BCUT2D eigenvalue weighted by Crippen LogP contribution is -2.23. The first-order valence-corrected chi connectivity index (χ1v) is 8.86. The molecule has 1 aromatic carbocycles. The standard InChI is InChI=1S/C15H17BrN2O2S/c1-9(10-3-2-4-10)18-13-7-11(16)5-6-12(13)17-15(18)21-8-14(19)20/h5-7,9-10H,2-4,8H2,1H3,(H,19,20). The molecule has 1 aliphatic carbocycles. The van der Waals surface area contributed by atoms with Crippen molar-refractivity contribution < 1.29 is 9.90 Å². The summed E-state index contributed by atoms with van der Waals surface area (Å²) in [5.74, 6) is -0.0938. The summed E-state index contributed by atoms with van der Waals surface area (Å²) in [5, 5.41) is 9.73. The van der Waals surface area contributed by atoms with Gasteiger partial charge in [0, 0.05) is 10.5 Å². The molecule has 1 atom stereocenters. The van der Waals surface area contributed by atoms with Gasteiger partial charge >= 0.3 is 5.97 Å². The molecule has 0 spiro atoms. The monoisotopic (exact) mass is 368 g/mol. The van der Waals surface area contributed by atoms with E-state index in [1.165, 1.54) is 31.0 Å². The van der Waals surface area contributed by atoms with Crippen molar-refractivity contribution in [2.45, 2.75) is 37.4 Å². The van der Waals surface area contributed by atoms with Gasteiger partial charge in [-0.1, -0.05) is 34.1 Å². The van der Waals surface area contributed by atoms with E-state index in [0.29, 0.717) is 12.0 Å². The highest BCUT2D eigenvalue weighted by molar-refractivity contribution is 9.10. The number of imidazole rings is 1. The van der Waals surface area contributed by atoms with E-state index in [9.17, 15) is 4.79 Å². The lowest BCUT2D eigenvalue weighted by Gasteiger charge is -2.33. The predicted molar refractivity (Wildman–Crippen MR) is 87.8 cm³/mol. The summed E-state index contributed by atoms with van der Waals surface area (Å²) >= 11 is 4.82. The van der Waals surface area contributed by atoms with Crippen LogP contribution < -0.4 is 0 Å². The zero-order chi connectivity index (χ0) is 15.0. The fraction of sp³-hybridized carbons (Fsp3) is 0.467. The van der Waals surface area contributed by atoms with E-state index in [2.05, 4.69) is 38.5 Å². The molecule has 1 aromatic heterocycles. The van der Waals surface area contributed by atoms with Gasteiger partial charge < -0.3 is 9.67 Å². The Morgan fingerprint density at radius 3 is 2.95 bits per heavy atom. The number of carboxylic acids is 1. The van der Waals surface area contributed by atoms with Gasteiger partial charge in [0.15, 0.2) is 5.16 Å². The van der Waals surface area contributed by atoms with E-state index in [1.54, 1.807) is 0 Å². The molecule has 2 aromatic rings. The Kier molecular flexibility index (Phi) is 4.26. The maximum absolute atomic E-state index is 10.9. The van der Waals surface area contributed by atoms with Crippen LogP contribution in [0.25, 0.3) is 11.0 Å². The van der Waals surface area contributed by atoms with Gasteiger partial charge in [-0.25, -0.2) is 4.98 Å². The number of hydrogen-bond acceptors (Lipinski definition) is 3. The van der Waals surface area contributed by atoms with Gasteiger partial charge in [-0.15, -0.1) is 0 Å². The fourth-order valence-electron chi connectivity index (χ4n) is 2.80. The van der Waals surface area contributed by atoms with Gasteiger partial charge in [0.2, 0.25) is 0 Å². The van der Waals surface area contributed by atoms with E-state index in [1.807, 2.05) is 12.1 Å². The molecule has 6 heteroatoms. The predicted octanol–water partition coefficient (Wildman–Crippen LogP) is 4.34. The number of aromatic nitrogens is 2. The topological polar surface area (TPSA) is 55.1 Å². The Labute approximate surface area is 136 Å². The van der Waals surface area contributed by atoms with Crippen molar-refractivity contribution in [3.63, 3.8) is 0 Å². The van der Waals surface area contributed by atoms with Gasteiger partial charge in [0.1, 0.15) is 0 Å². The zero-order valence-electron chi connectivity index (χ0n) is 11.8. The van der Waals surface area contributed by atoms with Crippen LogP contribution in [0.3, 0.4) is 0 Å². The Bertz CT molecular complexity index is 682. The van der Waals surface area contributed by atoms with Crippen molar-refractivity contribution in [3.05, 3.63) is 22.7 Å². The highest BCUT2D eigenvalue weighted by atomic mass is 79.9. The molecule has 3 rings (SSSR count). The minimum Gasteiger partial charge on any atom is -0.481 e. The van der Waals surface area contributed by atoms with E-state index in [-0.39, 0.29) is 5.75 Å². The summed E-state index contributed by atoms with van der Waals surface area (Å²) in [6.07, 6.45) is 3.79. The third kappa shape index (κ3) is 2.97. The first-order chi connectivity index (χ1) is 10.1. The lowest BCUT2D eigenvalue weighted by atomic mass is 9.80. The van der Waals surface area contributed by atoms with E-state index in [4.69, 9.17) is 5.11 Å². The van der Waals surface area contributed by atoms with Crippen LogP contribution in [0.5, 0.6) is 0 Å². The molecule has 1 unspecified atom stereocenters. The molecule has 1 saturated carbocycles. The summed E-state index contributed by atoms with van der Waals surface area (Å²) in [4.78, 5) is 15.5. The smallest absolute Gasteiger partial charge is 0.313 e. The largest absolute Gasteiger partial charge is 0.481 e. The molecule has 4 nitrogen and oxygen atoms in total. The normalized spacial score (nSPS) is 16.9. The second-order valence-electron chi connectivity index (χ2n) is 5.51. The van der Waals surface area contributed by atoms with Crippen molar-refractivity contribution in [1.82, 2.24) is 9.55 Å². The number of rotatable bonds is 5. The first kappa shape index (κ1) is 14.9. The summed E-state index contributed by atoms with van der Waals surface area (Å²) in [5.41, 5.74) is 2.01. The molecular weight excluding hydrogens is 352 g/mol. The van der Waals surface area contributed by atoms with E-state index in [0.717, 1.165) is 20.7 Å². The maximum Gasteiger partial charge on any atom is 0.313 e. The fourth-order valence-corrected chi connectivity index (χ4v) is 3.97. The highest BCUT2D eigenvalue weighted by Gasteiger charge is 2.28. The van der Waals surface area contributed by atoms with Crippen molar-refractivity contribution in [2.75, 3.05) is 5.75 Å². The number of carboxylic acid groups (broad SMARTS) is 1. The Morgan fingerprint density at radius 2 is 2.33 bits per heavy atom. The molecule has 1 fully saturated rings. The molecule has 0 bridgehead atoms. The van der Waals surface area contributed by atoms with Crippen LogP contribution in [0.1, 0.15) is 32.2 Å². The first-order valence-electron chi connectivity index (χ1n) is 7.08. The molecule has 0 saturated heterocycles. The number of benzene rings is 1. The molecule has 1 heterocycles. The second-order valence-corrected chi connectivity index (χ2v) is 7.37. The van der Waals surface area contributed by atoms with Crippen LogP contribution in [0.2, 0.25) is 0 Å². The molecule has 0 amide bonds. The summed E-state index contributed by atoms with van der Waals surface area (Å²) in [7, 11) is 0. The summed E-state index contributed by atoms with van der Waals surface area (Å²) in [6.45, 7) is 2.22. The molecule has 0 aliphatic heterocycles. The minimum absolute atomic E-state index is 0.0435. The highest BCUT2D eigenvalue weighted by Crippen LogP contribution is 2.40. The second kappa shape index (κ2) is 6.01. The molecule has 0 radical (unpaired) electrons. The van der Waals surface area contributed by atoms with E-state index < -0.39 is 5.97 Å². The molecule has 1 aliphatic rings. The Morgan fingerprint density at radius 1 is 1.57 bits per heavy atom. The lowest BCUT2D eigenvalue weighted by molar-refractivity contribution is -0.133. The average molecular weight is 369 g/mol. The van der Waals surface area contributed by atoms with Gasteiger partial charge in [0.05, 0.1) is 16.8 Å². The van der Waals surface area contributed by atoms with Crippen LogP contribution >= 0.6 is 27.7 Å². The number of hydrogen-bond donors (Lipinski definition) is 1. The third-order valence-corrected chi connectivity index (χ3v) is 5.61. The molecule has 21 heavy (non-hydrogen) atoms. The average Bonchev–Trinajstić information content (AvgIpc) is 2.71. The number of carbonyl (C=O) groups is 1. The van der Waals surface area contributed by atoms with Crippen LogP contribution in [0.15, 0.2) is 27.8 Å². The van der Waals surface area contributed by atoms with Gasteiger partial charge in [-0.3, -0.25) is 4.79 Å². The number of halogens is 1. The zero-order valence-corrected chi connectivity index (χ0v) is 14.2. The van der Waals surface area contributed by atoms with Crippen molar-refractivity contribution in [3.8, 4) is 0 Å². The molecular formula is C15H17BrN2O2S. The van der Waals surface area contributed by atoms with Crippen LogP contribution in [-0.4, -0.2) is 26.4 Å². The van der Waals surface area contributed by atoms with Gasteiger partial charge in [0.25, 0.3) is 0 Å². The number of aliphatic carboxylic acids is 1. The summed E-state index contributed by atoms with van der Waals surface area (Å²) < 4.78 is 3.24. The van der Waals surface area contributed by atoms with E-state index >= 15 is 0 Å². The molecule has 112 valence electrons.